The van der Waals surface area contributed by atoms with E-state index in [1.807, 2.05) is 0 Å². The second kappa shape index (κ2) is 8.86. The Bertz CT molecular complexity index is 374. The molecule has 0 radical (unpaired) electrons. The van der Waals surface area contributed by atoms with Crippen molar-refractivity contribution in [2.24, 2.45) is 0 Å². The maximum Gasteiger partial charge on any atom is 0.185 e. The predicted molar refractivity (Wildman–Crippen MR) is 73.8 cm³/mol. The minimum absolute atomic E-state index is 0.537. The largest absolute Gasteiger partial charge is 0.383 e. The first-order valence-electron chi connectivity index (χ1n) is 6.07. The summed E-state index contributed by atoms with van der Waals surface area (Å²) in [5.41, 5.74) is 1.04. The Morgan fingerprint density at radius 3 is 3.11 bits per heavy atom. The molecule has 0 spiro atoms. The quantitative estimate of drug-likeness (QED) is 0.690. The van der Waals surface area contributed by atoms with Crippen molar-refractivity contribution in [2.75, 3.05) is 38.3 Å². The molecule has 0 aliphatic rings. The summed E-state index contributed by atoms with van der Waals surface area (Å²) >= 11 is 1.63. The molecule has 0 saturated carbocycles. The van der Waals surface area contributed by atoms with Crippen LogP contribution in [-0.4, -0.2) is 38.3 Å². The normalized spacial score (nSPS) is 10.3. The summed E-state index contributed by atoms with van der Waals surface area (Å²) in [7, 11) is 1.69. The molecule has 0 amide bonds. The first kappa shape index (κ1) is 14.9. The first-order valence-corrected chi connectivity index (χ1v) is 6.95. The summed E-state index contributed by atoms with van der Waals surface area (Å²) in [5.74, 6) is 0. The van der Waals surface area contributed by atoms with Gasteiger partial charge in [-0.15, -0.1) is 11.3 Å². The van der Waals surface area contributed by atoms with Gasteiger partial charge in [-0.25, -0.2) is 4.98 Å². The standard InChI is InChI=1S/C12H20N4OS/c1-3-16(7-4-5-13)12-15-11(10-18-12)9-14-6-8-17-2/h10,14H,3-4,6-9H2,1-2H3. The van der Waals surface area contributed by atoms with Gasteiger partial charge in [-0.1, -0.05) is 0 Å². The lowest BCUT2D eigenvalue weighted by Crippen LogP contribution is -2.23. The van der Waals surface area contributed by atoms with Crippen molar-refractivity contribution in [3.05, 3.63) is 11.1 Å². The molecule has 0 unspecified atom stereocenters. The fourth-order valence-corrected chi connectivity index (χ4v) is 2.40. The molecule has 1 heterocycles. The van der Waals surface area contributed by atoms with E-state index in [0.29, 0.717) is 13.0 Å². The molecule has 0 aliphatic heterocycles. The minimum Gasteiger partial charge on any atom is -0.383 e. The molecule has 0 bridgehead atoms. The SMILES string of the molecule is CCN(CCC#N)c1nc(CNCCOC)cs1. The predicted octanol–water partition coefficient (Wildman–Crippen LogP) is 1.62. The number of hydrogen-bond donors (Lipinski definition) is 1. The fourth-order valence-electron chi connectivity index (χ4n) is 1.49. The summed E-state index contributed by atoms with van der Waals surface area (Å²) in [4.78, 5) is 6.70. The number of hydrogen-bond acceptors (Lipinski definition) is 6. The zero-order valence-corrected chi connectivity index (χ0v) is 11.8. The molecule has 0 aromatic carbocycles. The van der Waals surface area contributed by atoms with E-state index < -0.39 is 0 Å². The Morgan fingerprint density at radius 1 is 1.61 bits per heavy atom. The Kier molecular flexibility index (Phi) is 7.34. The zero-order valence-electron chi connectivity index (χ0n) is 11.0. The molecule has 0 fully saturated rings. The molecule has 100 valence electrons. The molecule has 1 N–H and O–H groups in total. The maximum atomic E-state index is 8.61. The van der Waals surface area contributed by atoms with Crippen molar-refractivity contribution < 1.29 is 4.74 Å². The van der Waals surface area contributed by atoms with Gasteiger partial charge in [0.1, 0.15) is 0 Å². The fraction of sp³-hybridized carbons (Fsp3) is 0.667. The smallest absolute Gasteiger partial charge is 0.185 e. The van der Waals surface area contributed by atoms with Crippen LogP contribution in [-0.2, 0) is 11.3 Å². The third-order valence-electron chi connectivity index (χ3n) is 2.47. The van der Waals surface area contributed by atoms with Crippen molar-refractivity contribution >= 4 is 16.5 Å². The number of rotatable bonds is 9. The topological polar surface area (TPSA) is 61.2 Å². The molecule has 1 rings (SSSR count). The van der Waals surface area contributed by atoms with Crippen LogP contribution in [0.1, 0.15) is 19.0 Å². The molecule has 0 atom stereocenters. The van der Waals surface area contributed by atoms with Gasteiger partial charge in [0.05, 0.1) is 24.8 Å². The van der Waals surface area contributed by atoms with E-state index in [2.05, 4.69) is 33.6 Å². The highest BCUT2D eigenvalue weighted by Gasteiger charge is 2.08. The van der Waals surface area contributed by atoms with Crippen LogP contribution in [0.5, 0.6) is 0 Å². The third-order valence-corrected chi connectivity index (χ3v) is 3.42. The third kappa shape index (κ3) is 5.00. The van der Waals surface area contributed by atoms with Crippen molar-refractivity contribution in [1.82, 2.24) is 10.3 Å². The minimum atomic E-state index is 0.537. The van der Waals surface area contributed by atoms with Gasteiger partial charge in [0.2, 0.25) is 0 Å². The number of ether oxygens (including phenoxy) is 1. The molecular formula is C12H20N4OS. The van der Waals surface area contributed by atoms with Gasteiger partial charge >= 0.3 is 0 Å². The van der Waals surface area contributed by atoms with Crippen LogP contribution in [0.4, 0.5) is 5.13 Å². The zero-order chi connectivity index (χ0) is 13.2. The number of nitriles is 1. The molecule has 18 heavy (non-hydrogen) atoms. The van der Waals surface area contributed by atoms with Crippen LogP contribution >= 0.6 is 11.3 Å². The Morgan fingerprint density at radius 2 is 2.44 bits per heavy atom. The van der Waals surface area contributed by atoms with Crippen molar-refractivity contribution in [1.29, 1.82) is 5.26 Å². The van der Waals surface area contributed by atoms with Crippen molar-refractivity contribution in [2.45, 2.75) is 19.9 Å². The van der Waals surface area contributed by atoms with E-state index in [1.165, 1.54) is 0 Å². The van der Waals surface area contributed by atoms with Gasteiger partial charge in [0.15, 0.2) is 5.13 Å². The molecular weight excluding hydrogens is 248 g/mol. The van der Waals surface area contributed by atoms with E-state index in [1.54, 1.807) is 18.4 Å². The van der Waals surface area contributed by atoms with E-state index in [4.69, 9.17) is 10.00 Å². The summed E-state index contributed by atoms with van der Waals surface area (Å²) < 4.78 is 4.97. The van der Waals surface area contributed by atoms with Gasteiger partial charge in [-0.05, 0) is 6.92 Å². The molecule has 0 saturated heterocycles. The number of methoxy groups -OCH3 is 1. The highest BCUT2D eigenvalue weighted by molar-refractivity contribution is 7.13. The first-order chi connectivity index (χ1) is 8.81. The molecule has 0 aliphatic carbocycles. The lowest BCUT2D eigenvalue weighted by atomic mass is 10.4. The number of thiazole rings is 1. The Balaban J connectivity index is 2.43. The average Bonchev–Trinajstić information content (AvgIpc) is 2.84. The second-order valence-corrected chi connectivity index (χ2v) is 4.62. The van der Waals surface area contributed by atoms with E-state index in [-0.39, 0.29) is 0 Å². The average molecular weight is 268 g/mol. The number of nitrogens with one attached hydrogen (secondary N) is 1. The highest BCUT2D eigenvalue weighted by Crippen LogP contribution is 2.20. The van der Waals surface area contributed by atoms with E-state index in [0.717, 1.165) is 37.0 Å². The summed E-state index contributed by atoms with van der Waals surface area (Å²) in [6, 6.07) is 2.17. The van der Waals surface area contributed by atoms with Crippen molar-refractivity contribution in [3.63, 3.8) is 0 Å². The summed E-state index contributed by atoms with van der Waals surface area (Å²) in [5, 5.41) is 14.9. The van der Waals surface area contributed by atoms with Gasteiger partial charge in [-0.3, -0.25) is 0 Å². The molecule has 6 heteroatoms. The van der Waals surface area contributed by atoms with Crippen LogP contribution in [0.15, 0.2) is 5.38 Å². The second-order valence-electron chi connectivity index (χ2n) is 3.78. The number of nitrogens with zero attached hydrogens (tertiary/aromatic N) is 3. The molecule has 1 aromatic heterocycles. The number of anilines is 1. The molecule has 1 aromatic rings. The summed E-state index contributed by atoms with van der Waals surface area (Å²) in [6.45, 7) is 6.00. The van der Waals surface area contributed by atoms with Gasteiger partial charge in [0, 0.05) is 38.7 Å². The number of aromatic nitrogens is 1. The monoisotopic (exact) mass is 268 g/mol. The maximum absolute atomic E-state index is 8.61. The van der Waals surface area contributed by atoms with Crippen LogP contribution in [0.2, 0.25) is 0 Å². The Labute approximate surface area is 112 Å². The van der Waals surface area contributed by atoms with E-state index >= 15 is 0 Å². The van der Waals surface area contributed by atoms with Gasteiger partial charge in [-0.2, -0.15) is 5.26 Å². The van der Waals surface area contributed by atoms with E-state index in [9.17, 15) is 0 Å². The van der Waals surface area contributed by atoms with Gasteiger partial charge < -0.3 is 15.0 Å². The lowest BCUT2D eigenvalue weighted by Gasteiger charge is -2.17. The Hall–Kier alpha value is -1.16. The lowest BCUT2D eigenvalue weighted by molar-refractivity contribution is 0.199. The highest BCUT2D eigenvalue weighted by atomic mass is 32.1. The van der Waals surface area contributed by atoms with Crippen LogP contribution < -0.4 is 10.2 Å². The van der Waals surface area contributed by atoms with Crippen LogP contribution in [0.3, 0.4) is 0 Å². The molecule has 5 nitrogen and oxygen atoms in total. The van der Waals surface area contributed by atoms with Gasteiger partial charge in [0.25, 0.3) is 0 Å². The summed E-state index contributed by atoms with van der Waals surface area (Å²) in [6.07, 6.45) is 0.537. The van der Waals surface area contributed by atoms with Crippen LogP contribution in [0.25, 0.3) is 0 Å². The van der Waals surface area contributed by atoms with Crippen LogP contribution in [0, 0.1) is 11.3 Å². The van der Waals surface area contributed by atoms with Crippen molar-refractivity contribution in [3.8, 4) is 6.07 Å².